The van der Waals surface area contributed by atoms with E-state index in [2.05, 4.69) is 4.98 Å². The number of para-hydroxylation sites is 1. The van der Waals surface area contributed by atoms with Gasteiger partial charge < -0.3 is 14.9 Å². The van der Waals surface area contributed by atoms with Gasteiger partial charge in [-0.3, -0.25) is 0 Å². The molecule has 0 atom stereocenters. The molecule has 0 fully saturated rings. The molecule has 5 heteroatoms. The Morgan fingerprint density at radius 3 is 2.85 bits per heavy atom. The van der Waals surface area contributed by atoms with E-state index in [-0.39, 0.29) is 11.5 Å². The smallest absolute Gasteiger partial charge is 0.167 e. The van der Waals surface area contributed by atoms with E-state index in [1.54, 1.807) is 12.1 Å². The molecule has 0 aliphatic heterocycles. The molecule has 2 N–H and O–H groups in total. The lowest BCUT2D eigenvalue weighted by Gasteiger charge is -2.01. The number of ether oxygens (including phenoxy) is 1. The first-order chi connectivity index (χ1) is 9.69. The molecule has 0 amide bonds. The normalized spacial score (nSPS) is 10.8. The first-order valence-corrected chi connectivity index (χ1v) is 7.05. The third-order valence-corrected chi connectivity index (χ3v) is 3.97. The van der Waals surface area contributed by atoms with Crippen molar-refractivity contribution in [3.05, 3.63) is 36.4 Å². The number of aromatic hydroxyl groups is 2. The van der Waals surface area contributed by atoms with E-state index >= 15 is 0 Å². The van der Waals surface area contributed by atoms with E-state index in [1.807, 2.05) is 25.1 Å². The fourth-order valence-corrected chi connectivity index (χ4v) is 3.00. The summed E-state index contributed by atoms with van der Waals surface area (Å²) in [5.74, 6) is 0.517. The van der Waals surface area contributed by atoms with Crippen molar-refractivity contribution in [3.8, 4) is 27.8 Å². The molecule has 0 aliphatic rings. The Morgan fingerprint density at radius 1 is 1.20 bits per heavy atom. The van der Waals surface area contributed by atoms with Gasteiger partial charge in [0.05, 0.1) is 22.4 Å². The quantitative estimate of drug-likeness (QED) is 0.720. The molecule has 0 bridgehead atoms. The first-order valence-electron chi connectivity index (χ1n) is 6.23. The van der Waals surface area contributed by atoms with Gasteiger partial charge in [-0.25, -0.2) is 4.98 Å². The standard InChI is InChI=1S/C15H13NO3S/c1-2-19-9-6-7-11-13(8-9)20-15(16-11)10-4-3-5-12(17)14(10)18/h3-8,17-18H,2H2,1H3. The van der Waals surface area contributed by atoms with Gasteiger partial charge in [-0.1, -0.05) is 6.07 Å². The summed E-state index contributed by atoms with van der Waals surface area (Å²) in [5, 5.41) is 20.1. The highest BCUT2D eigenvalue weighted by atomic mass is 32.1. The summed E-state index contributed by atoms with van der Waals surface area (Å²) >= 11 is 1.45. The van der Waals surface area contributed by atoms with Gasteiger partial charge in [0.15, 0.2) is 11.5 Å². The van der Waals surface area contributed by atoms with Gasteiger partial charge >= 0.3 is 0 Å². The Hall–Kier alpha value is -2.27. The van der Waals surface area contributed by atoms with Crippen LogP contribution in [0.4, 0.5) is 0 Å². The van der Waals surface area contributed by atoms with Crippen LogP contribution >= 0.6 is 11.3 Å². The van der Waals surface area contributed by atoms with Crippen molar-refractivity contribution in [2.75, 3.05) is 6.61 Å². The topological polar surface area (TPSA) is 62.6 Å². The van der Waals surface area contributed by atoms with Crippen LogP contribution in [0, 0.1) is 0 Å². The minimum absolute atomic E-state index is 0.142. The lowest BCUT2D eigenvalue weighted by Crippen LogP contribution is -1.89. The molecular weight excluding hydrogens is 274 g/mol. The summed E-state index contributed by atoms with van der Waals surface area (Å²) in [6, 6.07) is 10.6. The maximum atomic E-state index is 9.91. The van der Waals surface area contributed by atoms with Crippen LogP contribution in [0.5, 0.6) is 17.2 Å². The van der Waals surface area contributed by atoms with Crippen LogP contribution in [-0.2, 0) is 0 Å². The summed E-state index contributed by atoms with van der Waals surface area (Å²) in [7, 11) is 0. The van der Waals surface area contributed by atoms with Crippen LogP contribution < -0.4 is 4.74 Å². The van der Waals surface area contributed by atoms with Gasteiger partial charge in [-0.15, -0.1) is 11.3 Å². The molecular formula is C15H13NO3S. The van der Waals surface area contributed by atoms with Crippen molar-refractivity contribution in [2.24, 2.45) is 0 Å². The SMILES string of the molecule is CCOc1ccc2nc(-c3cccc(O)c3O)sc2c1. The van der Waals surface area contributed by atoms with E-state index in [0.717, 1.165) is 16.0 Å². The van der Waals surface area contributed by atoms with Crippen molar-refractivity contribution >= 4 is 21.6 Å². The Labute approximate surface area is 119 Å². The molecule has 0 saturated carbocycles. The third kappa shape index (κ3) is 2.16. The van der Waals surface area contributed by atoms with Gasteiger partial charge in [0, 0.05) is 0 Å². The van der Waals surface area contributed by atoms with Gasteiger partial charge in [0.25, 0.3) is 0 Å². The Balaban J connectivity index is 2.10. The van der Waals surface area contributed by atoms with Crippen molar-refractivity contribution in [1.82, 2.24) is 4.98 Å². The summed E-state index contributed by atoms with van der Waals surface area (Å²) in [4.78, 5) is 4.48. The molecule has 102 valence electrons. The molecule has 1 aromatic heterocycles. The number of phenols is 2. The number of thiazole rings is 1. The predicted octanol–water partition coefficient (Wildman–Crippen LogP) is 3.77. The van der Waals surface area contributed by atoms with Gasteiger partial charge in [0.2, 0.25) is 0 Å². The second-order valence-electron chi connectivity index (χ2n) is 4.25. The minimum Gasteiger partial charge on any atom is -0.504 e. The molecule has 0 aliphatic carbocycles. The van der Waals surface area contributed by atoms with E-state index in [9.17, 15) is 10.2 Å². The number of phenolic OH excluding ortho intramolecular Hbond substituents is 2. The summed E-state index contributed by atoms with van der Waals surface area (Å²) in [6.07, 6.45) is 0. The zero-order valence-corrected chi connectivity index (χ0v) is 11.6. The van der Waals surface area contributed by atoms with Crippen LogP contribution in [0.1, 0.15) is 6.92 Å². The molecule has 0 saturated heterocycles. The molecule has 4 nitrogen and oxygen atoms in total. The number of nitrogens with zero attached hydrogens (tertiary/aromatic N) is 1. The van der Waals surface area contributed by atoms with Crippen LogP contribution in [0.25, 0.3) is 20.8 Å². The van der Waals surface area contributed by atoms with E-state index in [4.69, 9.17) is 4.74 Å². The van der Waals surface area contributed by atoms with Gasteiger partial charge in [-0.05, 0) is 37.3 Å². The van der Waals surface area contributed by atoms with Crippen molar-refractivity contribution in [1.29, 1.82) is 0 Å². The van der Waals surface area contributed by atoms with Crippen molar-refractivity contribution in [3.63, 3.8) is 0 Å². The summed E-state index contributed by atoms with van der Waals surface area (Å²) in [6.45, 7) is 2.55. The van der Waals surface area contributed by atoms with Gasteiger partial charge in [-0.2, -0.15) is 0 Å². The number of fused-ring (bicyclic) bond motifs is 1. The van der Waals surface area contributed by atoms with Crippen molar-refractivity contribution < 1.29 is 14.9 Å². The molecule has 1 heterocycles. The summed E-state index contributed by atoms with van der Waals surface area (Å²) in [5.41, 5.74) is 1.38. The fourth-order valence-electron chi connectivity index (χ4n) is 1.98. The highest BCUT2D eigenvalue weighted by molar-refractivity contribution is 7.21. The van der Waals surface area contributed by atoms with E-state index in [1.165, 1.54) is 17.4 Å². The van der Waals surface area contributed by atoms with Crippen molar-refractivity contribution in [2.45, 2.75) is 6.92 Å². The number of hydrogen-bond acceptors (Lipinski definition) is 5. The highest BCUT2D eigenvalue weighted by Crippen LogP contribution is 2.40. The first kappa shape index (κ1) is 12.7. The fraction of sp³-hybridized carbons (Fsp3) is 0.133. The lowest BCUT2D eigenvalue weighted by atomic mass is 10.2. The van der Waals surface area contributed by atoms with Crippen LogP contribution in [-0.4, -0.2) is 21.8 Å². The Kier molecular flexibility index (Phi) is 3.20. The van der Waals surface area contributed by atoms with Crippen LogP contribution in [0.15, 0.2) is 36.4 Å². The molecule has 3 aromatic rings. The number of rotatable bonds is 3. The molecule has 0 radical (unpaired) electrons. The maximum Gasteiger partial charge on any atom is 0.167 e. The zero-order chi connectivity index (χ0) is 14.1. The average Bonchev–Trinajstić information content (AvgIpc) is 2.85. The Morgan fingerprint density at radius 2 is 2.05 bits per heavy atom. The molecule has 0 unspecified atom stereocenters. The van der Waals surface area contributed by atoms with Crippen LogP contribution in [0.3, 0.4) is 0 Å². The lowest BCUT2D eigenvalue weighted by molar-refractivity contribution is 0.341. The highest BCUT2D eigenvalue weighted by Gasteiger charge is 2.13. The molecule has 0 spiro atoms. The molecule has 2 aromatic carbocycles. The number of benzene rings is 2. The zero-order valence-electron chi connectivity index (χ0n) is 10.8. The van der Waals surface area contributed by atoms with E-state index < -0.39 is 0 Å². The number of aromatic nitrogens is 1. The summed E-state index contributed by atoms with van der Waals surface area (Å²) < 4.78 is 6.44. The average molecular weight is 287 g/mol. The van der Waals surface area contributed by atoms with Gasteiger partial charge in [0.1, 0.15) is 10.8 Å². The number of hydrogen-bond donors (Lipinski definition) is 2. The monoisotopic (exact) mass is 287 g/mol. The Bertz CT molecular complexity index is 767. The third-order valence-electron chi connectivity index (χ3n) is 2.92. The van der Waals surface area contributed by atoms with Crippen LogP contribution in [0.2, 0.25) is 0 Å². The molecule has 3 rings (SSSR count). The maximum absolute atomic E-state index is 9.91. The second kappa shape index (κ2) is 5.02. The van der Waals surface area contributed by atoms with E-state index in [0.29, 0.717) is 17.2 Å². The second-order valence-corrected chi connectivity index (χ2v) is 5.29. The largest absolute Gasteiger partial charge is 0.504 e. The predicted molar refractivity (Wildman–Crippen MR) is 79.6 cm³/mol. The molecule has 20 heavy (non-hydrogen) atoms. The minimum atomic E-state index is -0.142.